The Bertz CT molecular complexity index is 1100. The highest BCUT2D eigenvalue weighted by molar-refractivity contribution is 5.92. The first-order valence-electron chi connectivity index (χ1n) is 8.92. The summed E-state index contributed by atoms with van der Waals surface area (Å²) in [5.41, 5.74) is 3.61. The molecule has 2 aromatic heterocycles. The van der Waals surface area contributed by atoms with Gasteiger partial charge < -0.3 is 9.15 Å². The second-order valence-corrected chi connectivity index (χ2v) is 6.35. The van der Waals surface area contributed by atoms with Crippen molar-refractivity contribution in [2.75, 3.05) is 0 Å². The third-order valence-electron chi connectivity index (χ3n) is 4.43. The highest BCUT2D eigenvalue weighted by atomic mass is 16.5. The van der Waals surface area contributed by atoms with E-state index < -0.39 is 5.97 Å². The van der Waals surface area contributed by atoms with Crippen molar-refractivity contribution in [3.63, 3.8) is 0 Å². The summed E-state index contributed by atoms with van der Waals surface area (Å²) in [5, 5.41) is 4.48. The van der Waals surface area contributed by atoms with Crippen molar-refractivity contribution in [1.29, 1.82) is 0 Å². The zero-order chi connectivity index (χ0) is 19.5. The standard InChI is InChI=1S/C22H19N3O3/c1-15-21(16(2)25(24-15)18-11-7-4-8-12-18)22(26)27-14-20-23-13-19(28-20)17-9-5-3-6-10-17/h3-13H,14H2,1-2H3. The van der Waals surface area contributed by atoms with Crippen LogP contribution < -0.4 is 0 Å². The normalized spacial score (nSPS) is 10.8. The Kier molecular flexibility index (Phi) is 4.76. The van der Waals surface area contributed by atoms with Gasteiger partial charge >= 0.3 is 5.97 Å². The molecule has 28 heavy (non-hydrogen) atoms. The molecule has 4 aromatic rings. The maximum atomic E-state index is 12.6. The molecular formula is C22H19N3O3. The van der Waals surface area contributed by atoms with Gasteiger partial charge in [0, 0.05) is 5.56 Å². The minimum Gasteiger partial charge on any atom is -0.452 e. The quantitative estimate of drug-likeness (QED) is 0.482. The van der Waals surface area contributed by atoms with Crippen LogP contribution in [0.2, 0.25) is 0 Å². The molecule has 0 amide bonds. The number of carbonyl (C=O) groups excluding carboxylic acids is 1. The first-order valence-corrected chi connectivity index (χ1v) is 8.92. The van der Waals surface area contributed by atoms with Gasteiger partial charge in [0.05, 0.1) is 23.3 Å². The van der Waals surface area contributed by atoms with Gasteiger partial charge in [-0.15, -0.1) is 0 Å². The van der Waals surface area contributed by atoms with Crippen LogP contribution in [0.25, 0.3) is 17.0 Å². The van der Waals surface area contributed by atoms with Gasteiger partial charge in [0.1, 0.15) is 5.56 Å². The van der Waals surface area contributed by atoms with E-state index >= 15 is 0 Å². The fourth-order valence-corrected chi connectivity index (χ4v) is 3.07. The number of hydrogen-bond donors (Lipinski definition) is 0. The Morgan fingerprint density at radius 1 is 1.04 bits per heavy atom. The van der Waals surface area contributed by atoms with E-state index in [2.05, 4.69) is 10.1 Å². The first-order chi connectivity index (χ1) is 13.6. The fourth-order valence-electron chi connectivity index (χ4n) is 3.07. The summed E-state index contributed by atoms with van der Waals surface area (Å²) < 4.78 is 12.8. The molecule has 140 valence electrons. The molecule has 6 heteroatoms. The van der Waals surface area contributed by atoms with Crippen LogP contribution in [-0.2, 0) is 11.3 Å². The topological polar surface area (TPSA) is 70.2 Å². The van der Waals surface area contributed by atoms with Crippen molar-refractivity contribution in [1.82, 2.24) is 14.8 Å². The molecular weight excluding hydrogens is 354 g/mol. The molecule has 0 fully saturated rings. The summed E-state index contributed by atoms with van der Waals surface area (Å²) in [6, 6.07) is 19.3. The minimum absolute atomic E-state index is 0.0406. The van der Waals surface area contributed by atoms with Crippen molar-refractivity contribution in [2.24, 2.45) is 0 Å². The number of benzene rings is 2. The van der Waals surface area contributed by atoms with Gasteiger partial charge in [-0.2, -0.15) is 5.10 Å². The minimum atomic E-state index is -0.448. The van der Waals surface area contributed by atoms with Crippen LogP contribution in [0.4, 0.5) is 0 Å². The molecule has 0 N–H and O–H groups in total. The van der Waals surface area contributed by atoms with Gasteiger partial charge in [0.2, 0.25) is 5.89 Å². The monoisotopic (exact) mass is 373 g/mol. The van der Waals surface area contributed by atoms with Crippen LogP contribution >= 0.6 is 0 Å². The molecule has 0 bridgehead atoms. The third kappa shape index (κ3) is 3.44. The maximum absolute atomic E-state index is 12.6. The number of hydrogen-bond acceptors (Lipinski definition) is 5. The van der Waals surface area contributed by atoms with Gasteiger partial charge in [-0.1, -0.05) is 48.5 Å². The molecule has 6 nitrogen and oxygen atoms in total. The van der Waals surface area contributed by atoms with Crippen LogP contribution in [-0.4, -0.2) is 20.7 Å². The van der Waals surface area contributed by atoms with Crippen LogP contribution in [0.3, 0.4) is 0 Å². The van der Waals surface area contributed by atoms with Crippen molar-refractivity contribution in [3.05, 3.63) is 89.7 Å². The molecule has 2 heterocycles. The lowest BCUT2D eigenvalue weighted by Crippen LogP contribution is -2.08. The zero-order valence-electron chi connectivity index (χ0n) is 15.6. The van der Waals surface area contributed by atoms with E-state index in [1.165, 1.54) is 0 Å². The lowest BCUT2D eigenvalue weighted by Gasteiger charge is -2.05. The molecule has 0 aliphatic heterocycles. The van der Waals surface area contributed by atoms with Crippen molar-refractivity contribution in [3.8, 4) is 17.0 Å². The number of para-hydroxylation sites is 1. The number of aromatic nitrogens is 3. The SMILES string of the molecule is Cc1nn(-c2ccccc2)c(C)c1C(=O)OCc1ncc(-c2ccccc2)o1. The van der Waals surface area contributed by atoms with Gasteiger partial charge in [-0.05, 0) is 26.0 Å². The van der Waals surface area contributed by atoms with Crippen molar-refractivity contribution in [2.45, 2.75) is 20.5 Å². The summed E-state index contributed by atoms with van der Waals surface area (Å²) in [6.45, 7) is 3.60. The predicted octanol–water partition coefficient (Wildman–Crippen LogP) is 4.50. The zero-order valence-corrected chi connectivity index (χ0v) is 15.6. The van der Waals surface area contributed by atoms with E-state index in [-0.39, 0.29) is 6.61 Å². The van der Waals surface area contributed by atoms with Crippen LogP contribution in [0, 0.1) is 13.8 Å². The number of oxazole rings is 1. The van der Waals surface area contributed by atoms with E-state index in [4.69, 9.17) is 9.15 Å². The number of aryl methyl sites for hydroxylation is 1. The number of rotatable bonds is 5. The van der Waals surface area contributed by atoms with Gasteiger partial charge in [0.15, 0.2) is 12.4 Å². The summed E-state index contributed by atoms with van der Waals surface area (Å²) in [4.78, 5) is 16.8. The lowest BCUT2D eigenvalue weighted by atomic mass is 10.2. The molecule has 0 atom stereocenters. The fraction of sp³-hybridized carbons (Fsp3) is 0.136. The summed E-state index contributed by atoms with van der Waals surface area (Å²) >= 11 is 0. The van der Waals surface area contributed by atoms with E-state index in [0.717, 1.165) is 16.9 Å². The Labute approximate surface area is 162 Å². The second kappa shape index (κ2) is 7.52. The Balaban J connectivity index is 1.49. The average Bonchev–Trinajstić information content (AvgIpc) is 3.32. The number of ether oxygens (including phenoxy) is 1. The Hall–Kier alpha value is -3.67. The van der Waals surface area contributed by atoms with E-state index in [1.54, 1.807) is 17.8 Å². The molecule has 2 aromatic carbocycles. The Morgan fingerprint density at radius 3 is 2.43 bits per heavy atom. The second-order valence-electron chi connectivity index (χ2n) is 6.35. The van der Waals surface area contributed by atoms with Crippen LogP contribution in [0.1, 0.15) is 27.6 Å². The molecule has 0 spiro atoms. The van der Waals surface area contributed by atoms with E-state index in [9.17, 15) is 4.79 Å². The van der Waals surface area contributed by atoms with Gasteiger partial charge in [0.25, 0.3) is 0 Å². The largest absolute Gasteiger partial charge is 0.452 e. The summed E-state index contributed by atoms with van der Waals surface area (Å²) in [6.07, 6.45) is 1.63. The molecule has 0 saturated heterocycles. The smallest absolute Gasteiger partial charge is 0.342 e. The number of carbonyl (C=O) groups is 1. The Morgan fingerprint density at radius 2 is 1.71 bits per heavy atom. The van der Waals surface area contributed by atoms with Gasteiger partial charge in [-0.3, -0.25) is 0 Å². The molecule has 0 aliphatic carbocycles. The molecule has 4 rings (SSSR count). The van der Waals surface area contributed by atoms with Crippen LogP contribution in [0.5, 0.6) is 0 Å². The number of esters is 1. The molecule has 0 unspecified atom stereocenters. The molecule has 0 aliphatic rings. The average molecular weight is 373 g/mol. The van der Waals surface area contributed by atoms with Crippen molar-refractivity contribution >= 4 is 5.97 Å². The predicted molar refractivity (Wildman–Crippen MR) is 104 cm³/mol. The molecule has 0 saturated carbocycles. The highest BCUT2D eigenvalue weighted by Crippen LogP contribution is 2.22. The maximum Gasteiger partial charge on any atom is 0.342 e. The van der Waals surface area contributed by atoms with Crippen molar-refractivity contribution < 1.29 is 13.9 Å². The summed E-state index contributed by atoms with van der Waals surface area (Å²) in [5.74, 6) is 0.533. The van der Waals surface area contributed by atoms with E-state index in [0.29, 0.717) is 22.9 Å². The third-order valence-corrected chi connectivity index (χ3v) is 4.43. The first kappa shape index (κ1) is 17.7. The highest BCUT2D eigenvalue weighted by Gasteiger charge is 2.21. The lowest BCUT2D eigenvalue weighted by molar-refractivity contribution is 0.0437. The van der Waals surface area contributed by atoms with Crippen LogP contribution in [0.15, 0.2) is 71.3 Å². The van der Waals surface area contributed by atoms with E-state index in [1.807, 2.05) is 67.6 Å². The summed E-state index contributed by atoms with van der Waals surface area (Å²) in [7, 11) is 0. The molecule has 0 radical (unpaired) electrons. The van der Waals surface area contributed by atoms with Gasteiger partial charge in [-0.25, -0.2) is 14.5 Å². The number of nitrogens with zero attached hydrogens (tertiary/aromatic N) is 3.